The summed E-state index contributed by atoms with van der Waals surface area (Å²) in [5.74, 6) is 0.429. The van der Waals surface area contributed by atoms with Gasteiger partial charge in [0.05, 0.1) is 40.2 Å². The van der Waals surface area contributed by atoms with Gasteiger partial charge in [-0.25, -0.2) is 4.79 Å². The first-order valence-electron chi connectivity index (χ1n) is 15.3. The zero-order valence-electron chi connectivity index (χ0n) is 27.8. The number of benzene rings is 1. The Morgan fingerprint density at radius 1 is 0.889 bits per heavy atom. The molecule has 3 N–H and O–H groups in total. The minimum absolute atomic E-state index is 0.0990. The van der Waals surface area contributed by atoms with Gasteiger partial charge in [0.1, 0.15) is 12.1 Å². The highest BCUT2D eigenvalue weighted by Crippen LogP contribution is 2.50. The Kier molecular flexibility index (Phi) is 12.2. The van der Waals surface area contributed by atoms with Crippen LogP contribution in [0.1, 0.15) is 71.0 Å². The summed E-state index contributed by atoms with van der Waals surface area (Å²) in [4.78, 5) is 52.1. The van der Waals surface area contributed by atoms with Crippen molar-refractivity contribution in [1.82, 2.24) is 10.6 Å². The predicted molar refractivity (Wildman–Crippen MR) is 173 cm³/mol. The van der Waals surface area contributed by atoms with Crippen molar-refractivity contribution in [3.8, 4) is 28.4 Å². The van der Waals surface area contributed by atoms with Crippen LogP contribution in [-0.4, -0.2) is 58.3 Å². The minimum Gasteiger partial charge on any atom is -0.493 e. The van der Waals surface area contributed by atoms with Gasteiger partial charge in [-0.1, -0.05) is 33.8 Å². The fraction of sp³-hybridized carbons (Fsp3) is 0.529. The van der Waals surface area contributed by atoms with E-state index in [1.165, 1.54) is 27.2 Å². The van der Waals surface area contributed by atoms with Gasteiger partial charge in [-0.3, -0.25) is 14.4 Å². The number of esters is 1. The molecule has 0 unspecified atom stereocenters. The molecule has 0 radical (unpaired) electrons. The molecule has 3 rings (SSSR count). The van der Waals surface area contributed by atoms with Crippen LogP contribution in [0, 0.1) is 11.8 Å². The quantitative estimate of drug-likeness (QED) is 0.276. The maximum atomic E-state index is 13.8. The van der Waals surface area contributed by atoms with E-state index in [4.69, 9.17) is 18.9 Å². The number of amides is 2. The van der Waals surface area contributed by atoms with E-state index in [0.29, 0.717) is 54.1 Å². The normalized spacial score (nSPS) is 15.1. The van der Waals surface area contributed by atoms with Crippen LogP contribution in [-0.2, 0) is 25.5 Å². The van der Waals surface area contributed by atoms with E-state index in [-0.39, 0.29) is 28.9 Å². The molecule has 2 aromatic carbocycles. The van der Waals surface area contributed by atoms with E-state index in [9.17, 15) is 19.2 Å². The number of carbonyl (C=O) groups is 3. The Morgan fingerprint density at radius 2 is 1.53 bits per heavy atom. The number of ether oxygens (including phenoxy) is 4. The summed E-state index contributed by atoms with van der Waals surface area (Å²) in [7, 11) is 5.91. The van der Waals surface area contributed by atoms with Gasteiger partial charge >= 0.3 is 5.97 Å². The van der Waals surface area contributed by atoms with Gasteiger partial charge in [0.15, 0.2) is 11.5 Å². The highest BCUT2D eigenvalue weighted by molar-refractivity contribution is 5.89. The van der Waals surface area contributed by atoms with E-state index < -0.39 is 30.0 Å². The van der Waals surface area contributed by atoms with Crippen molar-refractivity contribution >= 4 is 23.5 Å². The number of hydrogen-bond acceptors (Lipinski definition) is 9. The lowest BCUT2D eigenvalue weighted by atomic mass is 9.95. The Bertz CT molecular complexity index is 1460. The van der Waals surface area contributed by atoms with Crippen LogP contribution < -0.4 is 35.6 Å². The summed E-state index contributed by atoms with van der Waals surface area (Å²) in [6.45, 7) is 9.30. The third-order valence-corrected chi connectivity index (χ3v) is 7.78. The minimum atomic E-state index is -0.817. The molecule has 45 heavy (non-hydrogen) atoms. The lowest BCUT2D eigenvalue weighted by molar-refractivity contribution is -0.145. The number of methoxy groups -OCH3 is 4. The molecular formula is C34H47N3O8. The van der Waals surface area contributed by atoms with Gasteiger partial charge in [0.2, 0.25) is 23.0 Å². The summed E-state index contributed by atoms with van der Waals surface area (Å²) in [6.07, 6.45) is 1.91. The first-order valence-corrected chi connectivity index (χ1v) is 15.3. The van der Waals surface area contributed by atoms with Crippen LogP contribution >= 0.6 is 0 Å². The zero-order valence-corrected chi connectivity index (χ0v) is 27.8. The number of rotatable bonds is 13. The third-order valence-electron chi connectivity index (χ3n) is 7.78. The lowest BCUT2D eigenvalue weighted by Gasteiger charge is -2.24. The summed E-state index contributed by atoms with van der Waals surface area (Å²) in [5, 5.41) is 8.99. The van der Waals surface area contributed by atoms with Gasteiger partial charge in [0, 0.05) is 12.5 Å². The molecule has 11 heteroatoms. The number of nitrogens with one attached hydrogen (secondary N) is 3. The van der Waals surface area contributed by atoms with Crippen LogP contribution in [0.15, 0.2) is 29.1 Å². The Hall–Kier alpha value is -4.28. The molecule has 0 fully saturated rings. The Morgan fingerprint density at radius 3 is 2.09 bits per heavy atom. The highest BCUT2D eigenvalue weighted by Gasteiger charge is 2.31. The molecule has 0 bridgehead atoms. The van der Waals surface area contributed by atoms with E-state index in [1.807, 2.05) is 33.8 Å². The molecule has 0 aliphatic heterocycles. The molecule has 0 spiro atoms. The van der Waals surface area contributed by atoms with Crippen LogP contribution in [0.25, 0.3) is 11.1 Å². The van der Waals surface area contributed by atoms with Crippen LogP contribution in [0.4, 0.5) is 5.69 Å². The topological polar surface area (TPSA) is 141 Å². The highest BCUT2D eigenvalue weighted by atomic mass is 16.5. The number of aryl methyl sites for hydroxylation is 1. The van der Waals surface area contributed by atoms with Crippen molar-refractivity contribution in [3.63, 3.8) is 0 Å². The molecule has 0 heterocycles. The van der Waals surface area contributed by atoms with Crippen LogP contribution in [0.5, 0.6) is 17.2 Å². The van der Waals surface area contributed by atoms with Crippen LogP contribution in [0.2, 0.25) is 0 Å². The molecule has 0 saturated carbocycles. The first-order chi connectivity index (χ1) is 21.3. The molecule has 0 saturated heterocycles. The number of fused-ring (bicyclic) bond motifs is 3. The number of carbonyl (C=O) groups excluding carboxylic acids is 3. The monoisotopic (exact) mass is 625 g/mol. The summed E-state index contributed by atoms with van der Waals surface area (Å²) < 4.78 is 22.0. The fourth-order valence-corrected chi connectivity index (χ4v) is 5.82. The third kappa shape index (κ3) is 8.46. The van der Waals surface area contributed by atoms with Crippen molar-refractivity contribution in [2.24, 2.45) is 11.8 Å². The van der Waals surface area contributed by atoms with Gasteiger partial charge in [-0.15, -0.1) is 0 Å². The average Bonchev–Trinajstić information content (AvgIpc) is 3.22. The second-order valence-electron chi connectivity index (χ2n) is 12.1. The molecule has 246 valence electrons. The predicted octanol–water partition coefficient (Wildman–Crippen LogP) is 4.39. The molecule has 2 aromatic rings. The number of anilines is 1. The van der Waals surface area contributed by atoms with Crippen molar-refractivity contribution in [1.29, 1.82) is 0 Å². The first kappa shape index (κ1) is 35.2. The number of hydrogen-bond donors (Lipinski definition) is 3. The molecule has 1 aliphatic rings. The molecule has 3 atom stereocenters. The lowest BCUT2D eigenvalue weighted by Crippen LogP contribution is -2.49. The smallest absolute Gasteiger partial charge is 0.328 e. The molecule has 2 amide bonds. The maximum absolute atomic E-state index is 13.8. The van der Waals surface area contributed by atoms with E-state index in [0.717, 1.165) is 11.1 Å². The summed E-state index contributed by atoms with van der Waals surface area (Å²) in [5.41, 5.74) is 2.76. The van der Waals surface area contributed by atoms with Crippen molar-refractivity contribution in [2.45, 2.75) is 78.4 Å². The fourth-order valence-electron chi connectivity index (χ4n) is 5.82. The van der Waals surface area contributed by atoms with Crippen LogP contribution in [0.3, 0.4) is 0 Å². The van der Waals surface area contributed by atoms with Gasteiger partial charge in [0.25, 0.3) is 0 Å². The van der Waals surface area contributed by atoms with Gasteiger partial charge in [-0.2, -0.15) is 0 Å². The second kappa shape index (κ2) is 15.6. The largest absolute Gasteiger partial charge is 0.493 e. The van der Waals surface area contributed by atoms with Gasteiger partial charge < -0.3 is 34.9 Å². The Balaban J connectivity index is 2.18. The Labute approximate surface area is 265 Å². The van der Waals surface area contributed by atoms with E-state index in [2.05, 4.69) is 16.0 Å². The summed E-state index contributed by atoms with van der Waals surface area (Å²) >= 11 is 0. The maximum Gasteiger partial charge on any atom is 0.328 e. The molecule has 11 nitrogen and oxygen atoms in total. The van der Waals surface area contributed by atoms with Crippen molar-refractivity contribution in [2.75, 3.05) is 33.8 Å². The second-order valence-corrected chi connectivity index (χ2v) is 12.1. The van der Waals surface area contributed by atoms with Gasteiger partial charge in [-0.05, 0) is 72.4 Å². The average molecular weight is 626 g/mol. The van der Waals surface area contributed by atoms with Crippen molar-refractivity contribution in [3.05, 3.63) is 45.6 Å². The van der Waals surface area contributed by atoms with E-state index >= 15 is 0 Å². The zero-order chi connectivity index (χ0) is 33.4. The molecular weight excluding hydrogens is 578 g/mol. The molecule has 0 aromatic heterocycles. The molecule has 1 aliphatic carbocycles. The van der Waals surface area contributed by atoms with E-state index in [1.54, 1.807) is 26.4 Å². The summed E-state index contributed by atoms with van der Waals surface area (Å²) in [6, 6.07) is 4.74. The van der Waals surface area contributed by atoms with Crippen molar-refractivity contribution < 1.29 is 33.3 Å². The SMILES string of the molecule is COC(=O)[C@H](CC(C)C)NC(=O)[C@H](CC(C)C)Nc1ccc2c(cc1=O)[C@@H](NC(C)=O)CCc1cc(OC)c(OC)c(OC)c1-2. The standard InChI is InChI=1S/C34H47N3O8/c1-18(2)14-26(33(40)37-27(15-19(3)4)34(41)45-9)36-25-13-11-22-23(17-28(25)39)24(35-20(5)38)12-10-21-16-29(42-6)31(43-7)32(44-8)30(21)22/h11,13,16-19,24,26-27H,10,12,14-15H2,1-9H3,(H,35,38)(H,36,39)(H,37,40)/t24-,26-,27-/m0/s1.